The highest BCUT2D eigenvalue weighted by Gasteiger charge is 2.33. The summed E-state index contributed by atoms with van der Waals surface area (Å²) in [5.41, 5.74) is 1.25. The molecular weight excluding hydrogens is 402 g/mol. The average Bonchev–Trinajstić information content (AvgIpc) is 2.79. The first-order chi connectivity index (χ1) is 14.4. The Morgan fingerprint density at radius 3 is 2.13 bits per heavy atom. The summed E-state index contributed by atoms with van der Waals surface area (Å²) in [4.78, 5) is 29.0. The number of piperazine rings is 1. The number of sulfonamides is 1. The van der Waals surface area contributed by atoms with Gasteiger partial charge >= 0.3 is 0 Å². The molecule has 2 aliphatic rings. The molecule has 2 amide bonds. The Bertz CT molecular complexity index is 812. The number of nitrogens with zero attached hydrogens (tertiary/aromatic N) is 3. The summed E-state index contributed by atoms with van der Waals surface area (Å²) in [6.45, 7) is 4.79. The molecule has 2 aliphatic heterocycles. The maximum Gasteiger partial charge on any atom is 0.225 e. The van der Waals surface area contributed by atoms with E-state index in [2.05, 4.69) is 12.1 Å². The fourth-order valence-electron chi connectivity index (χ4n) is 4.24. The van der Waals surface area contributed by atoms with E-state index in [-0.39, 0.29) is 23.5 Å². The summed E-state index contributed by atoms with van der Waals surface area (Å²) in [7, 11) is -3.17. The molecule has 0 aliphatic carbocycles. The monoisotopic (exact) mass is 435 g/mol. The van der Waals surface area contributed by atoms with E-state index in [0.717, 1.165) is 12.8 Å². The highest BCUT2D eigenvalue weighted by molar-refractivity contribution is 7.89. The van der Waals surface area contributed by atoms with E-state index in [0.29, 0.717) is 58.5 Å². The van der Waals surface area contributed by atoms with Crippen LogP contribution >= 0.6 is 0 Å². The van der Waals surface area contributed by atoms with E-state index in [1.165, 1.54) is 9.87 Å². The molecule has 2 fully saturated rings. The first-order valence-electron chi connectivity index (χ1n) is 11.0. The van der Waals surface area contributed by atoms with Crippen LogP contribution in [0, 0.1) is 5.92 Å². The second kappa shape index (κ2) is 10.4. The zero-order chi connectivity index (χ0) is 21.6. The van der Waals surface area contributed by atoms with Crippen LogP contribution in [0.5, 0.6) is 0 Å². The molecule has 2 heterocycles. The zero-order valence-corrected chi connectivity index (χ0v) is 18.6. The number of carbonyl (C=O) groups is 2. The van der Waals surface area contributed by atoms with Gasteiger partial charge in [-0.2, -0.15) is 0 Å². The van der Waals surface area contributed by atoms with Crippen LogP contribution < -0.4 is 0 Å². The lowest BCUT2D eigenvalue weighted by Crippen LogP contribution is -2.53. The van der Waals surface area contributed by atoms with Crippen molar-refractivity contribution in [2.24, 2.45) is 5.92 Å². The molecule has 3 rings (SSSR count). The highest BCUT2D eigenvalue weighted by Crippen LogP contribution is 2.22. The van der Waals surface area contributed by atoms with E-state index >= 15 is 0 Å². The van der Waals surface area contributed by atoms with Crippen molar-refractivity contribution in [3.8, 4) is 0 Å². The summed E-state index contributed by atoms with van der Waals surface area (Å²) in [5, 5.41) is 0. The normalized spacial score (nSPS) is 19.1. The number of piperidine rings is 1. The number of amides is 2. The van der Waals surface area contributed by atoms with Crippen molar-refractivity contribution in [1.29, 1.82) is 0 Å². The SMILES string of the molecule is CCS(=O)(=O)N1CCC(C(=O)N2CCN(C(=O)CCCc3ccccc3)CC2)CC1. The summed E-state index contributed by atoms with van der Waals surface area (Å²) in [6, 6.07) is 10.2. The van der Waals surface area contributed by atoms with E-state index < -0.39 is 10.0 Å². The van der Waals surface area contributed by atoms with Gasteiger partial charge in [0.1, 0.15) is 0 Å². The van der Waals surface area contributed by atoms with E-state index in [1.54, 1.807) is 6.92 Å². The Labute approximate surface area is 180 Å². The van der Waals surface area contributed by atoms with Crippen LogP contribution in [0.4, 0.5) is 0 Å². The van der Waals surface area contributed by atoms with Gasteiger partial charge in [0.2, 0.25) is 21.8 Å². The number of hydrogen-bond donors (Lipinski definition) is 0. The van der Waals surface area contributed by atoms with Gasteiger partial charge in [0, 0.05) is 51.6 Å². The molecule has 0 atom stereocenters. The van der Waals surface area contributed by atoms with Crippen molar-refractivity contribution < 1.29 is 18.0 Å². The Morgan fingerprint density at radius 2 is 1.53 bits per heavy atom. The van der Waals surface area contributed by atoms with Crippen LogP contribution in [0.15, 0.2) is 30.3 Å². The molecule has 166 valence electrons. The quantitative estimate of drug-likeness (QED) is 0.654. The molecule has 2 saturated heterocycles. The molecule has 0 radical (unpaired) electrons. The van der Waals surface area contributed by atoms with Gasteiger partial charge in [-0.15, -0.1) is 0 Å². The molecule has 1 aromatic rings. The third-order valence-corrected chi connectivity index (χ3v) is 8.09. The molecule has 7 nitrogen and oxygen atoms in total. The van der Waals surface area contributed by atoms with Gasteiger partial charge in [0.05, 0.1) is 5.75 Å². The van der Waals surface area contributed by atoms with Crippen molar-refractivity contribution in [3.63, 3.8) is 0 Å². The molecule has 0 aromatic heterocycles. The first-order valence-corrected chi connectivity index (χ1v) is 12.6. The van der Waals surface area contributed by atoms with Crippen molar-refractivity contribution in [2.45, 2.75) is 39.0 Å². The van der Waals surface area contributed by atoms with Gasteiger partial charge < -0.3 is 9.80 Å². The van der Waals surface area contributed by atoms with Gasteiger partial charge in [-0.3, -0.25) is 9.59 Å². The number of aryl methyl sites for hydroxylation is 1. The van der Waals surface area contributed by atoms with Gasteiger partial charge in [-0.05, 0) is 38.2 Å². The standard InChI is InChI=1S/C22H33N3O4S/c1-2-30(28,29)25-13-11-20(12-14-25)22(27)24-17-15-23(16-18-24)21(26)10-6-9-19-7-4-3-5-8-19/h3-5,7-8,20H,2,6,9-18H2,1H3. The Balaban J connectivity index is 1.38. The molecule has 0 N–H and O–H groups in total. The van der Waals surface area contributed by atoms with Gasteiger partial charge in [-0.25, -0.2) is 12.7 Å². The molecule has 0 bridgehead atoms. The minimum atomic E-state index is -3.17. The molecule has 0 unspecified atom stereocenters. The summed E-state index contributed by atoms with van der Waals surface area (Å²) >= 11 is 0. The predicted octanol–water partition coefficient (Wildman–Crippen LogP) is 1.74. The Morgan fingerprint density at radius 1 is 0.933 bits per heavy atom. The lowest BCUT2D eigenvalue weighted by molar-refractivity contribution is -0.143. The van der Waals surface area contributed by atoms with Crippen LogP contribution in [0.2, 0.25) is 0 Å². The number of benzene rings is 1. The first kappa shape index (κ1) is 22.7. The van der Waals surface area contributed by atoms with Gasteiger partial charge in [0.25, 0.3) is 0 Å². The Kier molecular flexibility index (Phi) is 7.88. The minimum Gasteiger partial charge on any atom is -0.339 e. The van der Waals surface area contributed by atoms with E-state index in [4.69, 9.17) is 0 Å². The summed E-state index contributed by atoms with van der Waals surface area (Å²) < 4.78 is 25.5. The van der Waals surface area contributed by atoms with Crippen molar-refractivity contribution in [2.75, 3.05) is 45.0 Å². The zero-order valence-electron chi connectivity index (χ0n) is 17.8. The maximum atomic E-state index is 12.8. The second-order valence-corrected chi connectivity index (χ2v) is 10.4. The smallest absolute Gasteiger partial charge is 0.225 e. The third kappa shape index (κ3) is 5.82. The van der Waals surface area contributed by atoms with Gasteiger partial charge in [0.15, 0.2) is 0 Å². The fourth-order valence-corrected chi connectivity index (χ4v) is 5.38. The topological polar surface area (TPSA) is 78.0 Å². The highest BCUT2D eigenvalue weighted by atomic mass is 32.2. The lowest BCUT2D eigenvalue weighted by Gasteiger charge is -2.38. The largest absolute Gasteiger partial charge is 0.339 e. The number of carbonyl (C=O) groups excluding carboxylic acids is 2. The summed E-state index contributed by atoms with van der Waals surface area (Å²) in [6.07, 6.45) is 3.43. The maximum absolute atomic E-state index is 12.8. The van der Waals surface area contributed by atoms with Crippen LogP contribution in [0.1, 0.15) is 38.2 Å². The van der Waals surface area contributed by atoms with Crippen LogP contribution in [0.3, 0.4) is 0 Å². The van der Waals surface area contributed by atoms with Crippen LogP contribution in [-0.4, -0.2) is 79.4 Å². The van der Waals surface area contributed by atoms with Gasteiger partial charge in [-0.1, -0.05) is 30.3 Å². The van der Waals surface area contributed by atoms with Crippen molar-refractivity contribution in [1.82, 2.24) is 14.1 Å². The average molecular weight is 436 g/mol. The predicted molar refractivity (Wildman–Crippen MR) is 116 cm³/mol. The van der Waals surface area contributed by atoms with E-state index in [1.807, 2.05) is 28.0 Å². The molecular formula is C22H33N3O4S. The molecule has 8 heteroatoms. The van der Waals surface area contributed by atoms with Crippen molar-refractivity contribution >= 4 is 21.8 Å². The third-order valence-electron chi connectivity index (χ3n) is 6.20. The second-order valence-electron chi connectivity index (χ2n) is 8.12. The molecule has 0 saturated carbocycles. The molecule has 0 spiro atoms. The summed E-state index contributed by atoms with van der Waals surface area (Å²) in [5.74, 6) is 0.268. The van der Waals surface area contributed by atoms with Crippen molar-refractivity contribution in [3.05, 3.63) is 35.9 Å². The van der Waals surface area contributed by atoms with Crippen LogP contribution in [0.25, 0.3) is 0 Å². The minimum absolute atomic E-state index is 0.104. The molecule has 1 aromatic carbocycles. The van der Waals surface area contributed by atoms with E-state index in [9.17, 15) is 18.0 Å². The molecule has 30 heavy (non-hydrogen) atoms. The fraction of sp³-hybridized carbons (Fsp3) is 0.636. The number of rotatable bonds is 7. The lowest BCUT2D eigenvalue weighted by atomic mass is 9.96. The number of hydrogen-bond acceptors (Lipinski definition) is 4. The van der Waals surface area contributed by atoms with Crippen LogP contribution in [-0.2, 0) is 26.0 Å². The Hall–Kier alpha value is -1.93.